The van der Waals surface area contributed by atoms with E-state index in [2.05, 4.69) is 20.2 Å². The van der Waals surface area contributed by atoms with Gasteiger partial charge >= 0.3 is 6.09 Å². The Morgan fingerprint density at radius 1 is 1.06 bits per heavy atom. The Morgan fingerprint density at radius 3 is 2.50 bits per heavy atom. The van der Waals surface area contributed by atoms with E-state index in [1.807, 2.05) is 45.0 Å². The van der Waals surface area contributed by atoms with E-state index >= 15 is 4.39 Å². The van der Waals surface area contributed by atoms with Crippen LogP contribution in [0.5, 0.6) is 0 Å². The van der Waals surface area contributed by atoms with Gasteiger partial charge in [-0.15, -0.1) is 11.3 Å². The first kappa shape index (κ1) is 31.7. The van der Waals surface area contributed by atoms with E-state index in [1.54, 1.807) is 27.1 Å². The maximum Gasteiger partial charge on any atom is 0.410 e. The van der Waals surface area contributed by atoms with Gasteiger partial charge < -0.3 is 24.0 Å². The van der Waals surface area contributed by atoms with E-state index in [9.17, 15) is 18.8 Å². The molecule has 3 aliphatic rings. The van der Waals surface area contributed by atoms with Crippen LogP contribution in [0, 0.1) is 5.82 Å². The first-order valence-corrected chi connectivity index (χ1v) is 16.7. The molecule has 2 aromatic heterocycles. The summed E-state index contributed by atoms with van der Waals surface area (Å²) in [6.07, 6.45) is 1.65. The van der Waals surface area contributed by atoms with Crippen molar-refractivity contribution in [1.82, 2.24) is 24.3 Å². The first-order chi connectivity index (χ1) is 22.9. The Hall–Kier alpha value is -4.85. The molecule has 7 rings (SSSR count). The second kappa shape index (κ2) is 12.3. The molecule has 3 aliphatic heterocycles. The van der Waals surface area contributed by atoms with E-state index in [-0.39, 0.29) is 42.4 Å². The molecule has 48 heavy (non-hydrogen) atoms. The fraction of sp³-hybridized carbons (Fsp3) is 0.382. The Kier molecular flexibility index (Phi) is 8.14. The summed E-state index contributed by atoms with van der Waals surface area (Å²) in [4.78, 5) is 53.8. The largest absolute Gasteiger partial charge is 0.444 e. The molecule has 2 aromatic carbocycles. The predicted octanol–water partition coefficient (Wildman–Crippen LogP) is 5.43. The molecule has 0 spiro atoms. The van der Waals surface area contributed by atoms with Gasteiger partial charge in [0.2, 0.25) is 0 Å². The molecule has 1 fully saturated rings. The predicted molar refractivity (Wildman–Crippen MR) is 176 cm³/mol. The lowest BCUT2D eigenvalue weighted by molar-refractivity contribution is -0.121. The minimum atomic E-state index is -1.21. The lowest BCUT2D eigenvalue weighted by atomic mass is 9.99. The zero-order chi connectivity index (χ0) is 33.7. The summed E-state index contributed by atoms with van der Waals surface area (Å²) in [5.41, 5.74) is 2.82. The van der Waals surface area contributed by atoms with Crippen molar-refractivity contribution < 1.29 is 27.9 Å². The minimum Gasteiger partial charge on any atom is -0.444 e. The standard InChI is InChI=1S/C34H35F2N7O4S/c1-34(2,3)47-33(46)41-11-9-40(10-12-41)23-6-4-20(5-7-23)21-14-24-25(26(36)15-21)18-43(31(24)45)29(30(44)39-32-37-8-13-48-32)28-27-16-22(35)17-42(27)19-38-28/h4-8,13-15,19,22,29H,9-12,16-18H2,1-3H3,(H,37,39,44)/t22-,29-/m1/s1. The zero-order valence-corrected chi connectivity index (χ0v) is 27.6. The number of carbonyl (C=O) groups excluding carboxylic acids is 3. The average Bonchev–Trinajstić information content (AvgIpc) is 3.84. The van der Waals surface area contributed by atoms with Gasteiger partial charge in [0, 0.05) is 66.7 Å². The quantitative estimate of drug-likeness (QED) is 0.290. The third-order valence-electron chi connectivity index (χ3n) is 8.78. The molecular formula is C34H35F2N7O4S. The Morgan fingerprint density at radius 2 is 1.81 bits per heavy atom. The van der Waals surface area contributed by atoms with Crippen LogP contribution in [0.3, 0.4) is 0 Å². The van der Waals surface area contributed by atoms with E-state index in [0.717, 1.165) is 11.3 Å². The van der Waals surface area contributed by atoms with Gasteiger partial charge in [0.15, 0.2) is 11.2 Å². The number of thiazole rings is 1. The number of amides is 3. The monoisotopic (exact) mass is 675 g/mol. The maximum absolute atomic E-state index is 15.7. The summed E-state index contributed by atoms with van der Waals surface area (Å²) in [5, 5.41) is 4.80. The zero-order valence-electron chi connectivity index (χ0n) is 26.8. The SMILES string of the molecule is CC(C)(C)OC(=O)N1CCN(c2ccc(-c3cc(F)c4c(c3)C(=O)N([C@@H](C(=O)Nc3nccs3)c3ncn5c3C[C@@H](F)C5)C4)cc2)CC1. The number of nitrogens with zero attached hydrogens (tertiary/aromatic N) is 6. The second-order valence-electron chi connectivity index (χ2n) is 13.2. The number of piperazine rings is 1. The van der Waals surface area contributed by atoms with Crippen LogP contribution in [0.25, 0.3) is 11.1 Å². The number of rotatable bonds is 6. The van der Waals surface area contributed by atoms with Crippen molar-refractivity contribution in [2.24, 2.45) is 0 Å². The van der Waals surface area contributed by atoms with Crippen molar-refractivity contribution >= 4 is 40.1 Å². The summed E-state index contributed by atoms with van der Waals surface area (Å²) in [6.45, 7) is 7.85. The van der Waals surface area contributed by atoms with Crippen molar-refractivity contribution in [2.75, 3.05) is 36.4 Å². The highest BCUT2D eigenvalue weighted by Crippen LogP contribution is 2.38. The van der Waals surface area contributed by atoms with Crippen LogP contribution < -0.4 is 10.2 Å². The molecule has 0 bridgehead atoms. The summed E-state index contributed by atoms with van der Waals surface area (Å²) >= 11 is 1.22. The van der Waals surface area contributed by atoms with Gasteiger partial charge in [-0.05, 0) is 56.2 Å². The number of alkyl halides is 1. The van der Waals surface area contributed by atoms with Crippen molar-refractivity contribution in [2.45, 2.75) is 58.1 Å². The van der Waals surface area contributed by atoms with Gasteiger partial charge in [-0.25, -0.2) is 23.5 Å². The molecule has 1 N–H and O–H groups in total. The number of hydrogen-bond donors (Lipinski definition) is 1. The molecule has 11 nitrogen and oxygen atoms in total. The summed E-state index contributed by atoms with van der Waals surface area (Å²) in [7, 11) is 0. The highest BCUT2D eigenvalue weighted by Gasteiger charge is 2.43. The van der Waals surface area contributed by atoms with E-state index in [1.165, 1.54) is 28.6 Å². The summed E-state index contributed by atoms with van der Waals surface area (Å²) in [6, 6.07) is 9.47. The second-order valence-corrected chi connectivity index (χ2v) is 14.1. The van der Waals surface area contributed by atoms with Crippen LogP contribution >= 0.6 is 11.3 Å². The third kappa shape index (κ3) is 6.12. The van der Waals surface area contributed by atoms with Gasteiger partial charge in [0.05, 0.1) is 25.1 Å². The molecule has 0 saturated carbocycles. The number of imidazole rings is 1. The summed E-state index contributed by atoms with van der Waals surface area (Å²) in [5.74, 6) is -1.63. The molecule has 250 valence electrons. The van der Waals surface area contributed by atoms with Gasteiger partial charge in [0.1, 0.15) is 17.6 Å². The number of hydrogen-bond acceptors (Lipinski definition) is 8. The Balaban J connectivity index is 1.10. The van der Waals surface area contributed by atoms with Crippen molar-refractivity contribution in [3.63, 3.8) is 0 Å². The molecule has 5 heterocycles. The Bertz CT molecular complexity index is 1860. The van der Waals surface area contributed by atoms with Crippen LogP contribution in [0.1, 0.15) is 54.1 Å². The fourth-order valence-corrected chi connectivity index (χ4v) is 7.02. The van der Waals surface area contributed by atoms with E-state index in [4.69, 9.17) is 4.74 Å². The molecule has 14 heteroatoms. The first-order valence-electron chi connectivity index (χ1n) is 15.8. The van der Waals surface area contributed by atoms with Crippen molar-refractivity contribution in [1.29, 1.82) is 0 Å². The number of ether oxygens (including phenoxy) is 1. The third-order valence-corrected chi connectivity index (χ3v) is 9.47. The molecule has 0 aliphatic carbocycles. The number of benzene rings is 2. The van der Waals surface area contributed by atoms with Crippen LogP contribution in [0.2, 0.25) is 0 Å². The van der Waals surface area contributed by atoms with E-state index < -0.39 is 35.4 Å². The Labute approximate surface area is 280 Å². The number of anilines is 2. The normalized spacial score (nSPS) is 18.1. The van der Waals surface area contributed by atoms with Crippen LogP contribution in [0.15, 0.2) is 54.3 Å². The lowest BCUT2D eigenvalue weighted by Gasteiger charge is -2.36. The molecule has 4 aromatic rings. The lowest BCUT2D eigenvalue weighted by Crippen LogP contribution is -2.50. The van der Waals surface area contributed by atoms with E-state index in [0.29, 0.717) is 42.6 Å². The highest BCUT2D eigenvalue weighted by atomic mass is 32.1. The average molecular weight is 676 g/mol. The number of nitrogens with one attached hydrogen (secondary N) is 1. The number of carbonyl (C=O) groups is 3. The number of aromatic nitrogens is 3. The van der Waals surface area contributed by atoms with Crippen LogP contribution in [0.4, 0.5) is 24.4 Å². The highest BCUT2D eigenvalue weighted by molar-refractivity contribution is 7.13. The minimum absolute atomic E-state index is 0.0687. The van der Waals surface area contributed by atoms with Crippen molar-refractivity contribution in [3.05, 3.63) is 82.6 Å². The molecular weight excluding hydrogens is 640 g/mol. The van der Waals surface area contributed by atoms with Gasteiger partial charge in [-0.3, -0.25) is 14.9 Å². The van der Waals surface area contributed by atoms with Gasteiger partial charge in [-0.2, -0.15) is 0 Å². The maximum atomic E-state index is 15.7. The molecule has 0 radical (unpaired) electrons. The topological polar surface area (TPSA) is 113 Å². The number of halogens is 2. The molecule has 3 amide bonds. The van der Waals surface area contributed by atoms with Crippen LogP contribution in [-0.2, 0) is 29.0 Å². The van der Waals surface area contributed by atoms with Gasteiger partial charge in [-0.1, -0.05) is 12.1 Å². The van der Waals surface area contributed by atoms with Crippen LogP contribution in [-0.4, -0.2) is 80.2 Å². The smallest absolute Gasteiger partial charge is 0.410 e. The van der Waals surface area contributed by atoms with Gasteiger partial charge in [0.25, 0.3) is 11.8 Å². The molecule has 1 saturated heterocycles. The number of fused-ring (bicyclic) bond motifs is 2. The molecule has 0 unspecified atom stereocenters. The fourth-order valence-electron chi connectivity index (χ4n) is 6.49. The molecule has 2 atom stereocenters. The summed E-state index contributed by atoms with van der Waals surface area (Å²) < 4.78 is 37.2. The van der Waals surface area contributed by atoms with Crippen molar-refractivity contribution in [3.8, 4) is 11.1 Å².